The summed E-state index contributed by atoms with van der Waals surface area (Å²) in [5, 5.41) is 4.09. The molecule has 1 saturated carbocycles. The van der Waals surface area contributed by atoms with Crippen LogP contribution in [0.15, 0.2) is 4.52 Å². The summed E-state index contributed by atoms with van der Waals surface area (Å²) in [6.45, 7) is 7.08. The zero-order valence-corrected chi connectivity index (χ0v) is 13.3. The van der Waals surface area contributed by atoms with Gasteiger partial charge in [-0.2, -0.15) is 4.98 Å². The third-order valence-electron chi connectivity index (χ3n) is 4.95. The summed E-state index contributed by atoms with van der Waals surface area (Å²) in [6, 6.07) is 0.315. The van der Waals surface area contributed by atoms with Crippen molar-refractivity contribution in [3.8, 4) is 0 Å². The molecule has 0 spiro atoms. The van der Waals surface area contributed by atoms with Crippen LogP contribution >= 0.6 is 0 Å². The summed E-state index contributed by atoms with van der Waals surface area (Å²) >= 11 is 0. The van der Waals surface area contributed by atoms with Gasteiger partial charge in [-0.15, -0.1) is 0 Å². The molecule has 0 N–H and O–H groups in total. The molecule has 3 rings (SSSR count). The van der Waals surface area contributed by atoms with Crippen LogP contribution in [-0.4, -0.2) is 40.8 Å². The van der Waals surface area contributed by atoms with E-state index in [1.165, 1.54) is 32.1 Å². The van der Waals surface area contributed by atoms with E-state index in [4.69, 9.17) is 9.26 Å². The highest BCUT2D eigenvalue weighted by Crippen LogP contribution is 2.30. The number of aromatic nitrogens is 2. The molecule has 1 aliphatic heterocycles. The van der Waals surface area contributed by atoms with E-state index in [2.05, 4.69) is 22.0 Å². The number of ether oxygens (including phenoxy) is 1. The van der Waals surface area contributed by atoms with Crippen molar-refractivity contribution in [3.05, 3.63) is 11.7 Å². The van der Waals surface area contributed by atoms with Crippen molar-refractivity contribution in [2.45, 2.75) is 64.5 Å². The summed E-state index contributed by atoms with van der Waals surface area (Å²) in [5.41, 5.74) is 0. The molecule has 0 radical (unpaired) electrons. The number of hydrogen-bond donors (Lipinski definition) is 0. The average Bonchev–Trinajstić information content (AvgIpc) is 3.09. The fourth-order valence-electron chi connectivity index (χ4n) is 3.69. The van der Waals surface area contributed by atoms with E-state index in [-0.39, 0.29) is 0 Å². The topological polar surface area (TPSA) is 51.4 Å². The molecule has 0 aromatic carbocycles. The molecule has 0 unspecified atom stereocenters. The Balaban J connectivity index is 1.48. The molecule has 1 aliphatic carbocycles. The zero-order valence-electron chi connectivity index (χ0n) is 13.3. The maximum atomic E-state index is 6.14. The molecular weight excluding hydrogens is 266 g/mol. The molecule has 2 aliphatic rings. The zero-order chi connectivity index (χ0) is 14.7. The quantitative estimate of drug-likeness (QED) is 0.835. The van der Waals surface area contributed by atoms with E-state index in [0.717, 1.165) is 31.9 Å². The van der Waals surface area contributed by atoms with Crippen LogP contribution in [0.1, 0.15) is 63.2 Å². The SMILES string of the molecule is Cc1nc([C@@H]2CCCN2CCO[C@@H]2CCCC[C@H]2C)no1. The third-order valence-corrected chi connectivity index (χ3v) is 4.95. The van der Waals surface area contributed by atoms with Crippen molar-refractivity contribution in [1.82, 2.24) is 15.0 Å². The van der Waals surface area contributed by atoms with Crippen LogP contribution in [0, 0.1) is 12.8 Å². The van der Waals surface area contributed by atoms with Crippen LogP contribution in [0.3, 0.4) is 0 Å². The molecule has 1 saturated heterocycles. The van der Waals surface area contributed by atoms with E-state index >= 15 is 0 Å². The number of rotatable bonds is 5. The molecule has 118 valence electrons. The molecule has 0 bridgehead atoms. The molecule has 2 fully saturated rings. The lowest BCUT2D eigenvalue weighted by molar-refractivity contribution is -0.0153. The number of hydrogen-bond acceptors (Lipinski definition) is 5. The lowest BCUT2D eigenvalue weighted by atomic mass is 9.88. The van der Waals surface area contributed by atoms with Gasteiger partial charge in [-0.25, -0.2) is 0 Å². The van der Waals surface area contributed by atoms with Gasteiger partial charge in [0.1, 0.15) is 0 Å². The minimum absolute atomic E-state index is 0.315. The van der Waals surface area contributed by atoms with Crippen molar-refractivity contribution in [2.24, 2.45) is 5.92 Å². The van der Waals surface area contributed by atoms with Gasteiger partial charge in [0.2, 0.25) is 5.89 Å². The van der Waals surface area contributed by atoms with Crippen LogP contribution in [0.25, 0.3) is 0 Å². The smallest absolute Gasteiger partial charge is 0.223 e. The first-order valence-corrected chi connectivity index (χ1v) is 8.40. The summed E-state index contributed by atoms with van der Waals surface area (Å²) in [7, 11) is 0. The van der Waals surface area contributed by atoms with Crippen molar-refractivity contribution >= 4 is 0 Å². The van der Waals surface area contributed by atoms with Crippen molar-refractivity contribution in [3.63, 3.8) is 0 Å². The summed E-state index contributed by atoms with van der Waals surface area (Å²) < 4.78 is 11.3. The Hall–Kier alpha value is -0.940. The molecule has 2 heterocycles. The lowest BCUT2D eigenvalue weighted by Crippen LogP contribution is -2.32. The largest absolute Gasteiger partial charge is 0.377 e. The molecular formula is C16H27N3O2. The fraction of sp³-hybridized carbons (Fsp3) is 0.875. The van der Waals surface area contributed by atoms with E-state index in [1.807, 2.05) is 6.92 Å². The maximum Gasteiger partial charge on any atom is 0.223 e. The second kappa shape index (κ2) is 6.88. The summed E-state index contributed by atoms with van der Waals surface area (Å²) in [6.07, 6.45) is 8.04. The number of aryl methyl sites for hydroxylation is 1. The highest BCUT2D eigenvalue weighted by atomic mass is 16.5. The molecule has 0 amide bonds. The Bertz CT molecular complexity index is 448. The van der Waals surface area contributed by atoms with Crippen LogP contribution in [0.4, 0.5) is 0 Å². The van der Waals surface area contributed by atoms with E-state index in [0.29, 0.717) is 24.0 Å². The van der Waals surface area contributed by atoms with Gasteiger partial charge < -0.3 is 9.26 Å². The number of nitrogens with zero attached hydrogens (tertiary/aromatic N) is 3. The minimum atomic E-state index is 0.315. The molecule has 5 heteroatoms. The van der Waals surface area contributed by atoms with Crippen LogP contribution in [0.2, 0.25) is 0 Å². The van der Waals surface area contributed by atoms with Crippen molar-refractivity contribution in [2.75, 3.05) is 19.7 Å². The third kappa shape index (κ3) is 3.64. The van der Waals surface area contributed by atoms with Gasteiger partial charge in [-0.1, -0.05) is 24.9 Å². The molecule has 21 heavy (non-hydrogen) atoms. The Labute approximate surface area is 127 Å². The Morgan fingerprint density at radius 3 is 2.86 bits per heavy atom. The van der Waals surface area contributed by atoms with Gasteiger partial charge in [0.25, 0.3) is 0 Å². The van der Waals surface area contributed by atoms with Gasteiger partial charge in [-0.05, 0) is 38.1 Å². The molecule has 1 aromatic rings. The van der Waals surface area contributed by atoms with Gasteiger partial charge in [0, 0.05) is 13.5 Å². The molecule has 1 aromatic heterocycles. The highest BCUT2D eigenvalue weighted by Gasteiger charge is 2.30. The van der Waals surface area contributed by atoms with Gasteiger partial charge in [0.05, 0.1) is 18.8 Å². The van der Waals surface area contributed by atoms with Crippen molar-refractivity contribution < 1.29 is 9.26 Å². The highest BCUT2D eigenvalue weighted by molar-refractivity contribution is 4.97. The van der Waals surface area contributed by atoms with Crippen molar-refractivity contribution in [1.29, 1.82) is 0 Å². The van der Waals surface area contributed by atoms with Crippen LogP contribution in [-0.2, 0) is 4.74 Å². The van der Waals surface area contributed by atoms with Gasteiger partial charge in [-0.3, -0.25) is 4.90 Å². The normalized spacial score (nSPS) is 30.9. The Morgan fingerprint density at radius 1 is 1.24 bits per heavy atom. The second-order valence-electron chi connectivity index (χ2n) is 6.54. The van der Waals surface area contributed by atoms with E-state index in [1.54, 1.807) is 0 Å². The predicted octanol–water partition coefficient (Wildman–Crippen LogP) is 3.11. The van der Waals surface area contributed by atoms with Crippen LogP contribution in [0.5, 0.6) is 0 Å². The standard InChI is InChI=1S/C16H27N3O2/c1-12-6-3-4-8-15(12)20-11-10-19-9-5-7-14(19)16-17-13(2)21-18-16/h12,14-15H,3-11H2,1-2H3/t12-,14+,15-/m1/s1. The number of likely N-dealkylation sites (tertiary alicyclic amines) is 1. The van der Waals surface area contributed by atoms with E-state index < -0.39 is 0 Å². The first-order chi connectivity index (χ1) is 10.2. The Kier molecular flexibility index (Phi) is 4.91. The Morgan fingerprint density at radius 2 is 2.10 bits per heavy atom. The lowest BCUT2D eigenvalue weighted by Gasteiger charge is -2.30. The second-order valence-corrected chi connectivity index (χ2v) is 6.54. The average molecular weight is 293 g/mol. The first-order valence-electron chi connectivity index (χ1n) is 8.40. The molecule has 5 nitrogen and oxygen atoms in total. The van der Waals surface area contributed by atoms with Crippen LogP contribution < -0.4 is 0 Å². The molecule has 3 atom stereocenters. The first kappa shape index (κ1) is 15.0. The van der Waals surface area contributed by atoms with E-state index in [9.17, 15) is 0 Å². The maximum absolute atomic E-state index is 6.14. The predicted molar refractivity (Wildman–Crippen MR) is 80.0 cm³/mol. The fourth-order valence-corrected chi connectivity index (χ4v) is 3.69. The monoisotopic (exact) mass is 293 g/mol. The summed E-state index contributed by atoms with van der Waals surface area (Å²) in [4.78, 5) is 6.83. The minimum Gasteiger partial charge on any atom is -0.377 e. The van der Waals surface area contributed by atoms with Gasteiger partial charge >= 0.3 is 0 Å². The summed E-state index contributed by atoms with van der Waals surface area (Å²) in [5.74, 6) is 2.22. The van der Waals surface area contributed by atoms with Gasteiger partial charge in [0.15, 0.2) is 5.82 Å².